The minimum atomic E-state index is 0.0294. The molecule has 25 heavy (non-hydrogen) atoms. The molecule has 0 aliphatic carbocycles. The van der Waals surface area contributed by atoms with Gasteiger partial charge in [0.25, 0.3) is 5.65 Å². The van der Waals surface area contributed by atoms with E-state index in [1.54, 1.807) is 4.52 Å². The van der Waals surface area contributed by atoms with E-state index in [1.165, 1.54) is 0 Å². The van der Waals surface area contributed by atoms with Crippen LogP contribution in [0.3, 0.4) is 0 Å². The Kier molecular flexibility index (Phi) is 4.27. The number of rotatable bonds is 3. The highest BCUT2D eigenvalue weighted by Crippen LogP contribution is 2.28. The van der Waals surface area contributed by atoms with Gasteiger partial charge in [0.15, 0.2) is 0 Å². The molecule has 0 radical (unpaired) electrons. The molecule has 3 unspecified atom stereocenters. The molecular formula is C18H25N6O+. The average Bonchev–Trinajstić information content (AvgIpc) is 3.07. The van der Waals surface area contributed by atoms with Crippen LogP contribution in [0.1, 0.15) is 43.4 Å². The number of hydrogen-bond donors (Lipinski definition) is 4. The third-order valence-electron chi connectivity index (χ3n) is 5.20. The molecule has 132 valence electrons. The molecule has 0 saturated carbocycles. The maximum atomic E-state index is 9.69. The van der Waals surface area contributed by atoms with Crippen molar-refractivity contribution in [3.8, 4) is 0 Å². The van der Waals surface area contributed by atoms with Crippen LogP contribution in [0.4, 0.5) is 5.82 Å². The van der Waals surface area contributed by atoms with Gasteiger partial charge in [0.05, 0.1) is 24.3 Å². The number of aromatic nitrogens is 3. The van der Waals surface area contributed by atoms with Gasteiger partial charge in [0.2, 0.25) is 5.82 Å². The van der Waals surface area contributed by atoms with E-state index in [2.05, 4.69) is 28.4 Å². The summed E-state index contributed by atoms with van der Waals surface area (Å²) in [5.41, 5.74) is 10.1. The highest BCUT2D eigenvalue weighted by molar-refractivity contribution is 6.12. The van der Waals surface area contributed by atoms with Crippen molar-refractivity contribution in [2.45, 2.75) is 44.2 Å². The van der Waals surface area contributed by atoms with Crippen LogP contribution < -0.4 is 15.6 Å². The van der Waals surface area contributed by atoms with Crippen LogP contribution in [0.25, 0.3) is 11.2 Å². The minimum Gasteiger partial charge on any atom is -0.395 e. The van der Waals surface area contributed by atoms with Crippen molar-refractivity contribution >= 4 is 23.3 Å². The lowest BCUT2D eigenvalue weighted by Gasteiger charge is -2.29. The van der Waals surface area contributed by atoms with Crippen molar-refractivity contribution in [2.24, 2.45) is 4.99 Å². The lowest BCUT2D eigenvalue weighted by atomic mass is 9.88. The largest absolute Gasteiger partial charge is 0.395 e. The molecule has 3 atom stereocenters. The zero-order valence-corrected chi connectivity index (χ0v) is 14.4. The van der Waals surface area contributed by atoms with Crippen molar-refractivity contribution in [3.05, 3.63) is 29.6 Å². The maximum Gasteiger partial charge on any atom is 0.294 e. The Morgan fingerprint density at radius 1 is 1.44 bits per heavy atom. The Morgan fingerprint density at radius 2 is 2.32 bits per heavy atom. The first-order chi connectivity index (χ1) is 12.2. The quantitative estimate of drug-likeness (QED) is 0.620. The summed E-state index contributed by atoms with van der Waals surface area (Å²) in [5.74, 6) is 0.790. The number of nitrogens with two attached hydrogens (primary N) is 1. The number of fused-ring (bicyclic) bond motifs is 1. The standard InChI is InChI=1S/C18H24N6O/c1-11-4-5-12(8-21-11)14-9-22-24-17(19)7-15(23-18(14)24)13-3-2-6-20-16(13)10-25/h5,7-9,11,13,16,20,25H,2-4,6,10H2,1H3,(H2,19,22,23)/p+1. The second-order valence-electron chi connectivity index (χ2n) is 6.97. The molecule has 0 spiro atoms. The van der Waals surface area contributed by atoms with Crippen LogP contribution in [0, 0.1) is 0 Å². The van der Waals surface area contributed by atoms with E-state index in [1.807, 2.05) is 18.5 Å². The van der Waals surface area contributed by atoms with Crippen molar-refractivity contribution in [3.63, 3.8) is 0 Å². The second kappa shape index (κ2) is 6.57. The van der Waals surface area contributed by atoms with Crippen LogP contribution in [-0.2, 0) is 0 Å². The number of aliphatic imine (C=N–C) groups is 1. The highest BCUT2D eigenvalue weighted by atomic mass is 16.3. The fourth-order valence-electron chi connectivity index (χ4n) is 3.75. The minimum absolute atomic E-state index is 0.0294. The normalized spacial score (nSPS) is 26.8. The van der Waals surface area contributed by atoms with Crippen LogP contribution in [0.15, 0.2) is 23.3 Å². The van der Waals surface area contributed by atoms with E-state index in [-0.39, 0.29) is 18.6 Å². The summed E-state index contributed by atoms with van der Waals surface area (Å²) < 4.78 is 1.80. The fourth-order valence-corrected chi connectivity index (χ4v) is 3.75. The molecule has 4 heterocycles. The number of H-pyrrole nitrogens is 1. The summed E-state index contributed by atoms with van der Waals surface area (Å²) in [4.78, 5) is 9.43. The molecule has 1 saturated heterocycles. The monoisotopic (exact) mass is 341 g/mol. The molecule has 0 bridgehead atoms. The first-order valence-corrected chi connectivity index (χ1v) is 8.95. The third-order valence-corrected chi connectivity index (χ3v) is 5.20. The molecule has 4 rings (SSSR count). The molecule has 7 heteroatoms. The van der Waals surface area contributed by atoms with Gasteiger partial charge in [-0.25, -0.2) is 0 Å². The Bertz CT molecular complexity index is 839. The Morgan fingerprint density at radius 3 is 3.08 bits per heavy atom. The number of aromatic amines is 1. The van der Waals surface area contributed by atoms with Gasteiger partial charge in [-0.05, 0) is 32.7 Å². The number of nitrogen functional groups attached to an aromatic ring is 1. The van der Waals surface area contributed by atoms with E-state index < -0.39 is 0 Å². The number of hydrogen-bond acceptors (Lipinski definition) is 5. The molecule has 0 aromatic carbocycles. The lowest BCUT2D eigenvalue weighted by Crippen LogP contribution is -2.43. The number of allylic oxidation sites excluding steroid dienone is 1. The van der Waals surface area contributed by atoms with Gasteiger partial charge in [0.1, 0.15) is 5.69 Å². The number of piperidine rings is 1. The summed E-state index contributed by atoms with van der Waals surface area (Å²) in [6, 6.07) is 2.27. The predicted molar refractivity (Wildman–Crippen MR) is 97.6 cm³/mol. The zero-order chi connectivity index (χ0) is 17.4. The van der Waals surface area contributed by atoms with Gasteiger partial charge in [-0.15, -0.1) is 9.50 Å². The lowest BCUT2D eigenvalue weighted by molar-refractivity contribution is -0.563. The van der Waals surface area contributed by atoms with E-state index >= 15 is 0 Å². The number of anilines is 1. The smallest absolute Gasteiger partial charge is 0.294 e. The van der Waals surface area contributed by atoms with Crippen LogP contribution >= 0.6 is 0 Å². The molecule has 7 nitrogen and oxygen atoms in total. The van der Waals surface area contributed by atoms with E-state index in [4.69, 9.17) is 10.7 Å². The van der Waals surface area contributed by atoms with E-state index in [0.717, 1.165) is 48.3 Å². The first-order valence-electron chi connectivity index (χ1n) is 8.95. The van der Waals surface area contributed by atoms with Crippen LogP contribution in [-0.4, -0.2) is 46.6 Å². The van der Waals surface area contributed by atoms with Gasteiger partial charge >= 0.3 is 0 Å². The van der Waals surface area contributed by atoms with Gasteiger partial charge in [0, 0.05) is 29.9 Å². The van der Waals surface area contributed by atoms with Gasteiger partial charge in [-0.2, -0.15) is 0 Å². The number of aliphatic hydroxyl groups excluding tert-OH is 1. The first kappa shape index (κ1) is 16.2. The third kappa shape index (κ3) is 2.94. The molecule has 2 aromatic rings. The molecule has 2 aliphatic rings. The molecule has 2 aliphatic heterocycles. The number of aliphatic hydroxyl groups is 1. The molecule has 1 fully saturated rings. The average molecular weight is 341 g/mol. The topological polar surface area (TPSA) is 103 Å². The Labute approximate surface area is 146 Å². The van der Waals surface area contributed by atoms with Gasteiger partial charge in [-0.1, -0.05) is 6.08 Å². The maximum absolute atomic E-state index is 9.69. The molecule has 2 aromatic heterocycles. The van der Waals surface area contributed by atoms with Crippen LogP contribution in [0.5, 0.6) is 0 Å². The van der Waals surface area contributed by atoms with Crippen molar-refractivity contribution in [1.82, 2.24) is 15.4 Å². The van der Waals surface area contributed by atoms with Crippen molar-refractivity contribution in [1.29, 1.82) is 0 Å². The van der Waals surface area contributed by atoms with E-state index in [0.29, 0.717) is 11.9 Å². The molecule has 5 N–H and O–H groups in total. The number of nitrogens with one attached hydrogen (secondary N) is 2. The van der Waals surface area contributed by atoms with Gasteiger partial charge in [-0.3, -0.25) is 10.1 Å². The molecular weight excluding hydrogens is 316 g/mol. The SMILES string of the molecule is CC1CC=C(c2c[nH][n+]3c(N)cc(C4CCCNC4CO)nc23)C=N1. The summed E-state index contributed by atoms with van der Waals surface area (Å²) in [6.45, 7) is 3.14. The Hall–Kier alpha value is -2.25. The van der Waals surface area contributed by atoms with E-state index in [9.17, 15) is 5.11 Å². The summed E-state index contributed by atoms with van der Waals surface area (Å²) >= 11 is 0. The van der Waals surface area contributed by atoms with Crippen molar-refractivity contribution < 1.29 is 9.62 Å². The van der Waals surface area contributed by atoms with Crippen molar-refractivity contribution in [2.75, 3.05) is 18.9 Å². The number of nitrogens with zero attached hydrogens (tertiary/aromatic N) is 3. The summed E-state index contributed by atoms with van der Waals surface area (Å²) in [7, 11) is 0. The highest BCUT2D eigenvalue weighted by Gasteiger charge is 2.31. The van der Waals surface area contributed by atoms with Crippen LogP contribution in [0.2, 0.25) is 0 Å². The zero-order valence-electron chi connectivity index (χ0n) is 14.4. The molecule has 0 amide bonds. The summed E-state index contributed by atoms with van der Waals surface area (Å²) in [6.07, 6.45) is 9.05. The fraction of sp³-hybridized carbons (Fsp3) is 0.500. The second-order valence-corrected chi connectivity index (χ2v) is 6.97. The Balaban J connectivity index is 1.78. The summed E-state index contributed by atoms with van der Waals surface area (Å²) in [5, 5.41) is 16.3. The number of dihydropyridines is 1. The predicted octanol–water partition coefficient (Wildman–Crippen LogP) is 0.805. The van der Waals surface area contributed by atoms with Gasteiger partial charge < -0.3 is 16.2 Å².